The Morgan fingerprint density at radius 2 is 2.05 bits per heavy atom. The lowest BCUT2D eigenvalue weighted by molar-refractivity contribution is 0.392. The number of nitrogens with one attached hydrogen (secondary N) is 1. The Morgan fingerprint density at radius 3 is 2.58 bits per heavy atom. The molecule has 0 aliphatic rings. The van der Waals surface area contributed by atoms with Gasteiger partial charge in [0.15, 0.2) is 0 Å². The maximum Gasteiger partial charge on any atom is 0.124 e. The van der Waals surface area contributed by atoms with E-state index in [4.69, 9.17) is 15.3 Å². The molecule has 1 unspecified atom stereocenters. The number of rotatable bonds is 5. The van der Waals surface area contributed by atoms with Gasteiger partial charge in [-0.25, -0.2) is 5.43 Å². The summed E-state index contributed by atoms with van der Waals surface area (Å²) in [6.45, 7) is 0. The van der Waals surface area contributed by atoms with E-state index in [2.05, 4.69) is 10.5 Å². The van der Waals surface area contributed by atoms with Crippen molar-refractivity contribution in [3.63, 3.8) is 0 Å². The standard InChI is InChI=1S/C13H18N4O2/c1-17-11(6-7-15-17)13(16-14)10-8-9(18-2)4-5-12(10)19-3/h4-8,13,16H,14H2,1-3H3. The molecule has 1 atom stereocenters. The van der Waals surface area contributed by atoms with Crippen LogP contribution in [0.5, 0.6) is 11.5 Å². The summed E-state index contributed by atoms with van der Waals surface area (Å²) in [5.74, 6) is 7.18. The summed E-state index contributed by atoms with van der Waals surface area (Å²) in [6, 6.07) is 7.28. The molecule has 6 heteroatoms. The lowest BCUT2D eigenvalue weighted by atomic mass is 10.0. The van der Waals surface area contributed by atoms with E-state index in [1.165, 1.54) is 0 Å². The number of nitrogens with zero attached hydrogens (tertiary/aromatic N) is 2. The second-order valence-electron chi connectivity index (χ2n) is 4.09. The summed E-state index contributed by atoms with van der Waals surface area (Å²) in [5, 5.41) is 4.16. The average Bonchev–Trinajstić information content (AvgIpc) is 2.86. The van der Waals surface area contributed by atoms with Gasteiger partial charge >= 0.3 is 0 Å². The molecule has 1 aromatic carbocycles. The lowest BCUT2D eigenvalue weighted by Gasteiger charge is -2.20. The van der Waals surface area contributed by atoms with Crippen LogP contribution in [0.25, 0.3) is 0 Å². The molecule has 2 rings (SSSR count). The summed E-state index contributed by atoms with van der Waals surface area (Å²) < 4.78 is 12.4. The van der Waals surface area contributed by atoms with Crippen LogP contribution in [-0.2, 0) is 7.05 Å². The highest BCUT2D eigenvalue weighted by molar-refractivity contribution is 5.45. The van der Waals surface area contributed by atoms with Gasteiger partial charge in [-0.15, -0.1) is 0 Å². The van der Waals surface area contributed by atoms with E-state index in [1.807, 2.05) is 31.3 Å². The molecule has 102 valence electrons. The van der Waals surface area contributed by atoms with E-state index >= 15 is 0 Å². The van der Waals surface area contributed by atoms with E-state index in [9.17, 15) is 0 Å². The summed E-state index contributed by atoms with van der Waals surface area (Å²) in [6.07, 6.45) is 1.73. The first-order valence-electron chi connectivity index (χ1n) is 5.87. The van der Waals surface area contributed by atoms with Crippen molar-refractivity contribution in [2.75, 3.05) is 14.2 Å². The summed E-state index contributed by atoms with van der Waals surface area (Å²) in [5.41, 5.74) is 4.63. The van der Waals surface area contributed by atoms with Gasteiger partial charge in [-0.2, -0.15) is 5.10 Å². The van der Waals surface area contributed by atoms with Crippen molar-refractivity contribution < 1.29 is 9.47 Å². The molecule has 0 saturated heterocycles. The van der Waals surface area contributed by atoms with Gasteiger partial charge in [0.25, 0.3) is 0 Å². The second-order valence-corrected chi connectivity index (χ2v) is 4.09. The lowest BCUT2D eigenvalue weighted by Crippen LogP contribution is -2.30. The fraction of sp³-hybridized carbons (Fsp3) is 0.308. The first-order chi connectivity index (χ1) is 9.21. The molecule has 6 nitrogen and oxygen atoms in total. The fourth-order valence-electron chi connectivity index (χ4n) is 2.07. The number of ether oxygens (including phenoxy) is 2. The molecule has 1 aromatic heterocycles. The average molecular weight is 262 g/mol. The highest BCUT2D eigenvalue weighted by atomic mass is 16.5. The van der Waals surface area contributed by atoms with Gasteiger partial charge in [0, 0.05) is 18.8 Å². The second kappa shape index (κ2) is 5.73. The zero-order valence-corrected chi connectivity index (χ0v) is 11.3. The zero-order chi connectivity index (χ0) is 13.8. The van der Waals surface area contributed by atoms with Crippen molar-refractivity contribution in [1.82, 2.24) is 15.2 Å². The molecule has 0 aliphatic carbocycles. The number of aryl methyl sites for hydroxylation is 1. The summed E-state index contributed by atoms with van der Waals surface area (Å²) in [4.78, 5) is 0. The van der Waals surface area contributed by atoms with Gasteiger partial charge in [-0.3, -0.25) is 10.5 Å². The summed E-state index contributed by atoms with van der Waals surface area (Å²) >= 11 is 0. The quantitative estimate of drug-likeness (QED) is 0.621. The van der Waals surface area contributed by atoms with Gasteiger partial charge in [0.05, 0.1) is 26.0 Å². The number of hydrogen-bond acceptors (Lipinski definition) is 5. The van der Waals surface area contributed by atoms with Crippen LogP contribution in [-0.4, -0.2) is 24.0 Å². The Kier molecular flexibility index (Phi) is 4.03. The van der Waals surface area contributed by atoms with Gasteiger partial charge in [0.1, 0.15) is 11.5 Å². The number of nitrogens with two attached hydrogens (primary N) is 1. The molecule has 0 bridgehead atoms. The fourth-order valence-corrected chi connectivity index (χ4v) is 2.07. The van der Waals surface area contributed by atoms with Crippen molar-refractivity contribution in [2.24, 2.45) is 12.9 Å². The smallest absolute Gasteiger partial charge is 0.124 e. The van der Waals surface area contributed by atoms with Gasteiger partial charge in [0.2, 0.25) is 0 Å². The van der Waals surface area contributed by atoms with E-state index in [0.29, 0.717) is 0 Å². The van der Waals surface area contributed by atoms with Crippen molar-refractivity contribution >= 4 is 0 Å². The van der Waals surface area contributed by atoms with E-state index < -0.39 is 0 Å². The van der Waals surface area contributed by atoms with Crippen LogP contribution < -0.4 is 20.7 Å². The Morgan fingerprint density at radius 1 is 1.26 bits per heavy atom. The summed E-state index contributed by atoms with van der Waals surface area (Å²) in [7, 11) is 5.12. The highest BCUT2D eigenvalue weighted by Gasteiger charge is 2.20. The Labute approximate surface area is 112 Å². The topological polar surface area (TPSA) is 74.3 Å². The van der Waals surface area contributed by atoms with Crippen LogP contribution >= 0.6 is 0 Å². The third-order valence-corrected chi connectivity index (χ3v) is 3.07. The number of methoxy groups -OCH3 is 2. The molecule has 0 amide bonds. The molecule has 0 saturated carbocycles. The molecule has 0 aliphatic heterocycles. The predicted octanol–water partition coefficient (Wildman–Crippen LogP) is 0.990. The van der Waals surface area contributed by atoms with Crippen molar-refractivity contribution in [3.8, 4) is 11.5 Å². The molecule has 19 heavy (non-hydrogen) atoms. The third kappa shape index (κ3) is 2.54. The van der Waals surface area contributed by atoms with Gasteiger partial charge < -0.3 is 9.47 Å². The van der Waals surface area contributed by atoms with Crippen LogP contribution in [0, 0.1) is 0 Å². The Balaban J connectivity index is 2.51. The minimum Gasteiger partial charge on any atom is -0.497 e. The van der Waals surface area contributed by atoms with Crippen LogP contribution in [0.1, 0.15) is 17.3 Å². The van der Waals surface area contributed by atoms with Crippen LogP contribution in [0.3, 0.4) is 0 Å². The predicted molar refractivity (Wildman–Crippen MR) is 71.9 cm³/mol. The Hall–Kier alpha value is -2.05. The first-order valence-corrected chi connectivity index (χ1v) is 5.87. The molecule has 2 aromatic rings. The number of hydrazine groups is 1. The minimum atomic E-state index is -0.224. The van der Waals surface area contributed by atoms with Crippen LogP contribution in [0.15, 0.2) is 30.5 Å². The number of hydrogen-bond donors (Lipinski definition) is 2. The van der Waals surface area contributed by atoms with Crippen molar-refractivity contribution in [3.05, 3.63) is 41.7 Å². The maximum absolute atomic E-state index is 5.69. The van der Waals surface area contributed by atoms with Gasteiger partial charge in [-0.1, -0.05) is 0 Å². The van der Waals surface area contributed by atoms with Crippen molar-refractivity contribution in [1.29, 1.82) is 0 Å². The van der Waals surface area contributed by atoms with E-state index in [1.54, 1.807) is 25.1 Å². The molecule has 3 N–H and O–H groups in total. The van der Waals surface area contributed by atoms with Crippen LogP contribution in [0.4, 0.5) is 0 Å². The molecular formula is C13H18N4O2. The number of aromatic nitrogens is 2. The largest absolute Gasteiger partial charge is 0.497 e. The molecule has 1 heterocycles. The molecule has 0 fully saturated rings. The van der Waals surface area contributed by atoms with E-state index in [0.717, 1.165) is 22.8 Å². The molecule has 0 radical (unpaired) electrons. The third-order valence-electron chi connectivity index (χ3n) is 3.07. The normalized spacial score (nSPS) is 12.2. The Bertz CT molecular complexity index is 553. The van der Waals surface area contributed by atoms with Crippen LogP contribution in [0.2, 0.25) is 0 Å². The monoisotopic (exact) mass is 262 g/mol. The minimum absolute atomic E-state index is 0.224. The van der Waals surface area contributed by atoms with Gasteiger partial charge in [-0.05, 0) is 24.3 Å². The van der Waals surface area contributed by atoms with Crippen molar-refractivity contribution in [2.45, 2.75) is 6.04 Å². The first kappa shape index (κ1) is 13.4. The SMILES string of the molecule is COc1ccc(OC)c(C(NN)c2ccnn2C)c1. The zero-order valence-electron chi connectivity index (χ0n) is 11.3. The van der Waals surface area contributed by atoms with E-state index in [-0.39, 0.29) is 6.04 Å². The highest BCUT2D eigenvalue weighted by Crippen LogP contribution is 2.32. The number of benzene rings is 1. The molecule has 0 spiro atoms. The maximum atomic E-state index is 5.69. The molecular weight excluding hydrogens is 244 g/mol.